The van der Waals surface area contributed by atoms with Crippen molar-refractivity contribution in [1.82, 2.24) is 4.98 Å². The van der Waals surface area contributed by atoms with Crippen LogP contribution in [0.25, 0.3) is 0 Å². The van der Waals surface area contributed by atoms with E-state index in [1.54, 1.807) is 0 Å². The molecule has 0 radical (unpaired) electrons. The molecule has 1 aromatic rings. The average molecular weight is 209 g/mol. The summed E-state index contributed by atoms with van der Waals surface area (Å²) >= 11 is 0. The molecule has 0 aromatic carbocycles. The second kappa shape index (κ2) is 4.51. The molecule has 0 fully saturated rings. The van der Waals surface area contributed by atoms with Crippen LogP contribution in [-0.4, -0.2) is 10.8 Å². The third kappa shape index (κ3) is 3.78. The fraction of sp³-hybridized carbons (Fsp3) is 0.500. The van der Waals surface area contributed by atoms with E-state index in [0.717, 1.165) is 12.6 Å². The molecular formula is C12H16FNO. The molecule has 0 aliphatic rings. The van der Waals surface area contributed by atoms with Gasteiger partial charge in [0.05, 0.1) is 11.8 Å². The first kappa shape index (κ1) is 11.8. The SMILES string of the molecule is CC(C)(C)CCC(=O)c1ccncc1F. The van der Waals surface area contributed by atoms with E-state index in [-0.39, 0.29) is 16.8 Å². The number of carbonyl (C=O) groups excluding carboxylic acids is 1. The molecule has 1 rings (SSSR count). The molecule has 0 aliphatic carbocycles. The summed E-state index contributed by atoms with van der Waals surface area (Å²) in [5, 5.41) is 0. The quantitative estimate of drug-likeness (QED) is 0.715. The molecule has 1 aromatic heterocycles. The number of nitrogens with zero attached hydrogens (tertiary/aromatic N) is 1. The maximum absolute atomic E-state index is 13.2. The lowest BCUT2D eigenvalue weighted by atomic mass is 9.88. The molecule has 0 saturated carbocycles. The van der Waals surface area contributed by atoms with E-state index in [0.29, 0.717) is 6.42 Å². The van der Waals surface area contributed by atoms with Gasteiger partial charge in [0.15, 0.2) is 11.6 Å². The molecule has 3 heteroatoms. The highest BCUT2D eigenvalue weighted by Gasteiger charge is 2.16. The Kier molecular flexibility index (Phi) is 3.56. The Morgan fingerprint density at radius 1 is 1.47 bits per heavy atom. The smallest absolute Gasteiger partial charge is 0.165 e. The fourth-order valence-electron chi connectivity index (χ4n) is 1.22. The molecule has 0 atom stereocenters. The summed E-state index contributed by atoms with van der Waals surface area (Å²) in [6, 6.07) is 1.43. The Hall–Kier alpha value is -1.25. The van der Waals surface area contributed by atoms with Gasteiger partial charge in [-0.1, -0.05) is 20.8 Å². The Morgan fingerprint density at radius 3 is 2.67 bits per heavy atom. The van der Waals surface area contributed by atoms with Gasteiger partial charge in [-0.05, 0) is 17.9 Å². The minimum atomic E-state index is -0.531. The molecule has 0 N–H and O–H groups in total. The van der Waals surface area contributed by atoms with Crippen LogP contribution in [0.4, 0.5) is 4.39 Å². The van der Waals surface area contributed by atoms with Crippen LogP contribution in [-0.2, 0) is 0 Å². The van der Waals surface area contributed by atoms with Crippen LogP contribution in [0.3, 0.4) is 0 Å². The van der Waals surface area contributed by atoms with Crippen molar-refractivity contribution in [1.29, 1.82) is 0 Å². The van der Waals surface area contributed by atoms with Gasteiger partial charge in [0.1, 0.15) is 0 Å². The third-order valence-corrected chi connectivity index (χ3v) is 2.17. The number of rotatable bonds is 3. The normalized spacial score (nSPS) is 11.5. The van der Waals surface area contributed by atoms with Crippen molar-refractivity contribution in [2.45, 2.75) is 33.6 Å². The number of halogens is 1. The molecule has 15 heavy (non-hydrogen) atoms. The average Bonchev–Trinajstić information content (AvgIpc) is 2.14. The van der Waals surface area contributed by atoms with Crippen molar-refractivity contribution < 1.29 is 9.18 Å². The largest absolute Gasteiger partial charge is 0.294 e. The molecule has 0 unspecified atom stereocenters. The number of Topliss-reactive ketones (excluding diaryl/α,β-unsaturated/α-hetero) is 1. The van der Waals surface area contributed by atoms with E-state index in [2.05, 4.69) is 25.8 Å². The highest BCUT2D eigenvalue weighted by molar-refractivity contribution is 5.96. The van der Waals surface area contributed by atoms with E-state index in [1.165, 1.54) is 12.3 Å². The van der Waals surface area contributed by atoms with Crippen molar-refractivity contribution in [3.8, 4) is 0 Å². The van der Waals surface area contributed by atoms with Gasteiger partial charge in [-0.25, -0.2) is 4.39 Å². The Labute approximate surface area is 89.5 Å². The van der Waals surface area contributed by atoms with Gasteiger partial charge in [0.2, 0.25) is 0 Å². The minimum Gasteiger partial charge on any atom is -0.294 e. The molecule has 82 valence electrons. The maximum atomic E-state index is 13.2. The number of ketones is 1. The molecular weight excluding hydrogens is 193 g/mol. The van der Waals surface area contributed by atoms with E-state index in [9.17, 15) is 9.18 Å². The highest BCUT2D eigenvalue weighted by atomic mass is 19.1. The molecule has 1 heterocycles. The van der Waals surface area contributed by atoms with Crippen molar-refractivity contribution in [2.75, 3.05) is 0 Å². The Balaban J connectivity index is 2.66. The summed E-state index contributed by atoms with van der Waals surface area (Å²) in [7, 11) is 0. The minimum absolute atomic E-state index is 0.0964. The van der Waals surface area contributed by atoms with Crippen molar-refractivity contribution >= 4 is 5.78 Å². The van der Waals surface area contributed by atoms with Crippen molar-refractivity contribution in [2.24, 2.45) is 5.41 Å². The van der Waals surface area contributed by atoms with Gasteiger partial charge in [0, 0.05) is 12.6 Å². The number of hydrogen-bond donors (Lipinski definition) is 0. The van der Waals surface area contributed by atoms with Crippen LogP contribution in [0, 0.1) is 11.2 Å². The predicted octanol–water partition coefficient (Wildman–Crippen LogP) is 3.23. The first-order valence-electron chi connectivity index (χ1n) is 5.03. The standard InChI is InChI=1S/C12H16FNO/c1-12(2,3)6-4-11(15)9-5-7-14-8-10(9)13/h5,7-8H,4,6H2,1-3H3. The number of hydrogen-bond acceptors (Lipinski definition) is 2. The van der Waals surface area contributed by atoms with Gasteiger partial charge < -0.3 is 0 Å². The number of aromatic nitrogens is 1. The zero-order valence-electron chi connectivity index (χ0n) is 9.38. The fourth-order valence-corrected chi connectivity index (χ4v) is 1.22. The summed E-state index contributed by atoms with van der Waals surface area (Å²) < 4.78 is 13.2. The van der Waals surface area contributed by atoms with Gasteiger partial charge >= 0.3 is 0 Å². The van der Waals surface area contributed by atoms with Crippen LogP contribution in [0.2, 0.25) is 0 Å². The summed E-state index contributed by atoms with van der Waals surface area (Å²) in [5.41, 5.74) is 0.244. The van der Waals surface area contributed by atoms with Crippen molar-refractivity contribution in [3.63, 3.8) is 0 Å². The first-order valence-corrected chi connectivity index (χ1v) is 5.03. The van der Waals surface area contributed by atoms with Gasteiger partial charge in [-0.3, -0.25) is 9.78 Å². The lowest BCUT2D eigenvalue weighted by molar-refractivity contribution is 0.0962. The number of carbonyl (C=O) groups is 1. The van der Waals surface area contributed by atoms with E-state index < -0.39 is 5.82 Å². The zero-order chi connectivity index (χ0) is 11.5. The summed E-state index contributed by atoms with van der Waals surface area (Å²) in [6.45, 7) is 6.18. The van der Waals surface area contributed by atoms with E-state index >= 15 is 0 Å². The molecule has 2 nitrogen and oxygen atoms in total. The zero-order valence-corrected chi connectivity index (χ0v) is 9.38. The van der Waals surface area contributed by atoms with Crippen LogP contribution in [0.15, 0.2) is 18.5 Å². The molecule has 0 aliphatic heterocycles. The first-order chi connectivity index (χ1) is 6.90. The second-order valence-corrected chi connectivity index (χ2v) is 4.84. The molecule has 0 saturated heterocycles. The van der Waals surface area contributed by atoms with E-state index in [1.807, 2.05) is 0 Å². The third-order valence-electron chi connectivity index (χ3n) is 2.17. The summed E-state index contributed by atoms with van der Waals surface area (Å²) in [5.74, 6) is -0.679. The van der Waals surface area contributed by atoms with Gasteiger partial charge in [0.25, 0.3) is 0 Å². The molecule has 0 bridgehead atoms. The molecule has 0 spiro atoms. The van der Waals surface area contributed by atoms with Crippen LogP contribution in [0.5, 0.6) is 0 Å². The predicted molar refractivity (Wildman–Crippen MR) is 57.2 cm³/mol. The second-order valence-electron chi connectivity index (χ2n) is 4.84. The maximum Gasteiger partial charge on any atom is 0.165 e. The topological polar surface area (TPSA) is 30.0 Å². The van der Waals surface area contributed by atoms with Crippen LogP contribution >= 0.6 is 0 Å². The lowest BCUT2D eigenvalue weighted by Crippen LogP contribution is -2.10. The van der Waals surface area contributed by atoms with E-state index in [4.69, 9.17) is 0 Å². The van der Waals surface area contributed by atoms with Crippen LogP contribution < -0.4 is 0 Å². The highest BCUT2D eigenvalue weighted by Crippen LogP contribution is 2.22. The Bertz CT molecular complexity index is 355. The van der Waals surface area contributed by atoms with Crippen LogP contribution in [0.1, 0.15) is 44.0 Å². The van der Waals surface area contributed by atoms with Gasteiger partial charge in [-0.2, -0.15) is 0 Å². The molecule has 0 amide bonds. The number of pyridine rings is 1. The monoisotopic (exact) mass is 209 g/mol. The Morgan fingerprint density at radius 2 is 2.13 bits per heavy atom. The summed E-state index contributed by atoms with van der Waals surface area (Å²) in [6.07, 6.45) is 3.65. The summed E-state index contributed by atoms with van der Waals surface area (Å²) in [4.78, 5) is 15.3. The lowest BCUT2D eigenvalue weighted by Gasteiger charge is -2.16. The van der Waals surface area contributed by atoms with Gasteiger partial charge in [-0.15, -0.1) is 0 Å². The van der Waals surface area contributed by atoms with Crippen molar-refractivity contribution in [3.05, 3.63) is 29.8 Å².